The Labute approximate surface area is 140 Å². The van der Waals surface area contributed by atoms with Gasteiger partial charge in [-0.3, -0.25) is 0 Å². The highest BCUT2D eigenvalue weighted by atomic mass is 14.5. The van der Waals surface area contributed by atoms with Gasteiger partial charge in [-0.15, -0.1) is 0 Å². The van der Waals surface area contributed by atoms with E-state index in [1.807, 2.05) is 0 Å². The lowest BCUT2D eigenvalue weighted by atomic mass is 9.68. The van der Waals surface area contributed by atoms with Crippen LogP contribution in [-0.2, 0) is 0 Å². The third-order valence-corrected chi connectivity index (χ3v) is 7.15. The van der Waals surface area contributed by atoms with E-state index in [2.05, 4.69) is 42.9 Å². The van der Waals surface area contributed by atoms with Gasteiger partial charge in [0.25, 0.3) is 0 Å². The molecule has 5 aliphatic rings. The molecule has 1 radical (unpaired) electrons. The number of rotatable bonds is 0. The van der Waals surface area contributed by atoms with Crippen molar-refractivity contribution in [3.63, 3.8) is 0 Å². The summed E-state index contributed by atoms with van der Waals surface area (Å²) < 4.78 is 0. The Morgan fingerprint density at radius 1 is 0.696 bits per heavy atom. The lowest BCUT2D eigenvalue weighted by molar-refractivity contribution is 0.307. The maximum absolute atomic E-state index is 2.55. The molecule has 23 heavy (non-hydrogen) atoms. The monoisotopic (exact) mass is 303 g/mol. The minimum atomic E-state index is 0.365. The standard InChI is InChI=1S/C23H27/c1-3-11-22(12-4-1)16-10-19-17-21-18(7-8-20(19)22)9-15-23(21)13-5-2-6-14-23/h1,7-10,15-16H,2-6,11-14,17H2. The number of fused-ring (bicyclic) bond motifs is 2. The summed E-state index contributed by atoms with van der Waals surface area (Å²) in [5, 5.41) is 0. The van der Waals surface area contributed by atoms with E-state index >= 15 is 0 Å². The zero-order chi connectivity index (χ0) is 15.3. The van der Waals surface area contributed by atoms with Crippen LogP contribution in [0.3, 0.4) is 0 Å². The normalized spacial score (nSPS) is 30.3. The smallest absolute Gasteiger partial charge is 0.0138 e. The predicted octanol–water partition coefficient (Wildman–Crippen LogP) is 6.39. The van der Waals surface area contributed by atoms with Crippen LogP contribution in [0.4, 0.5) is 0 Å². The minimum absolute atomic E-state index is 0.365. The second-order valence-corrected chi connectivity index (χ2v) is 8.29. The molecule has 0 aromatic rings. The van der Waals surface area contributed by atoms with E-state index in [4.69, 9.17) is 0 Å². The Balaban J connectivity index is 1.52. The van der Waals surface area contributed by atoms with Crippen molar-refractivity contribution >= 4 is 0 Å². The fourth-order valence-electron chi connectivity index (χ4n) is 5.80. The maximum atomic E-state index is 2.55. The average Bonchev–Trinajstić information content (AvgIpc) is 3.00. The van der Waals surface area contributed by atoms with Gasteiger partial charge in [-0.2, -0.15) is 0 Å². The van der Waals surface area contributed by atoms with Gasteiger partial charge in [-0.25, -0.2) is 0 Å². The van der Waals surface area contributed by atoms with Crippen LogP contribution in [0.1, 0.15) is 64.2 Å². The summed E-state index contributed by atoms with van der Waals surface area (Å²) in [5.74, 6) is 0. The van der Waals surface area contributed by atoms with E-state index in [0.717, 1.165) is 0 Å². The molecule has 5 rings (SSSR count). The summed E-state index contributed by atoms with van der Waals surface area (Å²) in [6, 6.07) is 0. The van der Waals surface area contributed by atoms with Gasteiger partial charge in [0.05, 0.1) is 0 Å². The molecule has 0 atom stereocenters. The van der Waals surface area contributed by atoms with Gasteiger partial charge >= 0.3 is 0 Å². The molecule has 0 unspecified atom stereocenters. The molecule has 0 heterocycles. The van der Waals surface area contributed by atoms with Crippen molar-refractivity contribution in [1.82, 2.24) is 0 Å². The third kappa shape index (κ3) is 2.03. The maximum Gasteiger partial charge on any atom is 0.0138 e. The summed E-state index contributed by atoms with van der Waals surface area (Å²) in [6.07, 6.45) is 30.8. The molecule has 2 saturated carbocycles. The quantitative estimate of drug-likeness (QED) is 0.486. The largest absolute Gasteiger partial charge is 0.0736 e. The first-order valence-corrected chi connectivity index (χ1v) is 9.67. The van der Waals surface area contributed by atoms with Crippen LogP contribution < -0.4 is 0 Å². The van der Waals surface area contributed by atoms with Crippen LogP contribution in [0.5, 0.6) is 0 Å². The molecular weight excluding hydrogens is 276 g/mol. The van der Waals surface area contributed by atoms with E-state index < -0.39 is 0 Å². The molecule has 0 nitrogen and oxygen atoms in total. The van der Waals surface area contributed by atoms with Crippen molar-refractivity contribution in [3.05, 3.63) is 65.2 Å². The first-order chi connectivity index (χ1) is 11.3. The molecular formula is C23H27. The zero-order valence-electron chi connectivity index (χ0n) is 14.1. The van der Waals surface area contributed by atoms with E-state index in [-0.39, 0.29) is 0 Å². The van der Waals surface area contributed by atoms with Crippen molar-refractivity contribution in [2.45, 2.75) is 64.2 Å². The van der Waals surface area contributed by atoms with E-state index in [9.17, 15) is 0 Å². The van der Waals surface area contributed by atoms with Gasteiger partial charge < -0.3 is 0 Å². The number of hydrogen-bond donors (Lipinski definition) is 0. The molecule has 0 aliphatic heterocycles. The lowest BCUT2D eigenvalue weighted by Gasteiger charge is -2.36. The van der Waals surface area contributed by atoms with E-state index in [0.29, 0.717) is 10.8 Å². The predicted molar refractivity (Wildman–Crippen MR) is 96.8 cm³/mol. The molecule has 0 N–H and O–H groups in total. The third-order valence-electron chi connectivity index (χ3n) is 7.15. The fourth-order valence-corrected chi connectivity index (χ4v) is 5.80. The first-order valence-electron chi connectivity index (χ1n) is 9.67. The van der Waals surface area contributed by atoms with E-state index in [1.54, 1.807) is 16.7 Å². The van der Waals surface area contributed by atoms with Crippen LogP contribution >= 0.6 is 0 Å². The summed E-state index contributed by atoms with van der Waals surface area (Å²) in [4.78, 5) is 0. The summed E-state index contributed by atoms with van der Waals surface area (Å²) >= 11 is 0. The number of allylic oxidation sites excluding steroid dienone is 10. The Morgan fingerprint density at radius 2 is 1.48 bits per heavy atom. The minimum Gasteiger partial charge on any atom is -0.0736 e. The van der Waals surface area contributed by atoms with Crippen molar-refractivity contribution in [1.29, 1.82) is 0 Å². The SMILES string of the molecule is [CH]1CCC2(C=CC3=C2C=CC2=C(C3)C3(C=C2)CCCCC3)CC1. The highest BCUT2D eigenvalue weighted by Crippen LogP contribution is 2.56. The van der Waals surface area contributed by atoms with Gasteiger partial charge in [-0.1, -0.05) is 55.7 Å². The van der Waals surface area contributed by atoms with Crippen molar-refractivity contribution in [3.8, 4) is 0 Å². The Kier molecular flexibility index (Phi) is 3.12. The Morgan fingerprint density at radius 3 is 2.30 bits per heavy atom. The highest BCUT2D eigenvalue weighted by molar-refractivity contribution is 5.59. The molecule has 0 heteroatoms. The van der Waals surface area contributed by atoms with Crippen LogP contribution in [0.25, 0.3) is 0 Å². The summed E-state index contributed by atoms with van der Waals surface area (Å²) in [5.41, 5.74) is 7.32. The van der Waals surface area contributed by atoms with Crippen LogP contribution in [-0.4, -0.2) is 0 Å². The second kappa shape index (κ2) is 5.10. The molecule has 2 spiro atoms. The summed E-state index contributed by atoms with van der Waals surface area (Å²) in [6.45, 7) is 0. The average molecular weight is 303 g/mol. The van der Waals surface area contributed by atoms with Gasteiger partial charge in [0.15, 0.2) is 0 Å². The lowest BCUT2D eigenvalue weighted by Crippen LogP contribution is -2.23. The molecule has 119 valence electrons. The zero-order valence-corrected chi connectivity index (χ0v) is 14.1. The van der Waals surface area contributed by atoms with Gasteiger partial charge in [0.1, 0.15) is 0 Å². The molecule has 0 amide bonds. The first kappa shape index (κ1) is 14.1. The number of hydrogen-bond acceptors (Lipinski definition) is 0. The molecule has 5 aliphatic carbocycles. The van der Waals surface area contributed by atoms with Crippen molar-refractivity contribution < 1.29 is 0 Å². The Hall–Kier alpha value is -1.30. The van der Waals surface area contributed by atoms with E-state index in [1.165, 1.54) is 69.8 Å². The van der Waals surface area contributed by atoms with Gasteiger partial charge in [0.2, 0.25) is 0 Å². The topological polar surface area (TPSA) is 0 Å². The van der Waals surface area contributed by atoms with Crippen LogP contribution in [0.2, 0.25) is 0 Å². The Bertz CT molecular complexity index is 665. The van der Waals surface area contributed by atoms with Gasteiger partial charge in [0, 0.05) is 10.8 Å². The van der Waals surface area contributed by atoms with Crippen LogP contribution in [0.15, 0.2) is 58.7 Å². The second-order valence-electron chi connectivity index (χ2n) is 8.29. The molecule has 2 fully saturated rings. The molecule has 0 aromatic carbocycles. The molecule has 0 bridgehead atoms. The summed E-state index contributed by atoms with van der Waals surface area (Å²) in [7, 11) is 0. The van der Waals surface area contributed by atoms with Crippen molar-refractivity contribution in [2.24, 2.45) is 10.8 Å². The van der Waals surface area contributed by atoms with Crippen molar-refractivity contribution in [2.75, 3.05) is 0 Å². The molecule has 0 aromatic heterocycles. The van der Waals surface area contributed by atoms with Crippen LogP contribution in [0, 0.1) is 17.3 Å². The fraction of sp³-hybridized carbons (Fsp3) is 0.522. The highest BCUT2D eigenvalue weighted by Gasteiger charge is 2.42. The van der Waals surface area contributed by atoms with Gasteiger partial charge in [-0.05, 0) is 73.7 Å². The molecule has 0 saturated heterocycles.